The Morgan fingerprint density at radius 3 is 2.75 bits per heavy atom. The molecule has 0 aromatic rings. The fourth-order valence-corrected chi connectivity index (χ4v) is 2.62. The molecule has 2 fully saturated rings. The molecule has 2 rings (SSSR count). The van der Waals surface area contributed by atoms with E-state index in [4.69, 9.17) is 4.74 Å². The van der Waals surface area contributed by atoms with Gasteiger partial charge < -0.3 is 15.0 Å². The first-order valence-corrected chi connectivity index (χ1v) is 5.99. The normalized spacial score (nSPS) is 34.0. The van der Waals surface area contributed by atoms with Crippen molar-refractivity contribution in [3.05, 3.63) is 0 Å². The highest BCUT2D eigenvalue weighted by atomic mass is 16.6. The van der Waals surface area contributed by atoms with Gasteiger partial charge in [-0.05, 0) is 26.7 Å². The van der Waals surface area contributed by atoms with Crippen molar-refractivity contribution in [1.82, 2.24) is 10.2 Å². The first kappa shape index (κ1) is 11.7. The van der Waals surface area contributed by atoms with Gasteiger partial charge >= 0.3 is 6.09 Å². The van der Waals surface area contributed by atoms with E-state index in [1.165, 1.54) is 0 Å². The van der Waals surface area contributed by atoms with E-state index in [0.29, 0.717) is 5.92 Å². The van der Waals surface area contributed by atoms with Gasteiger partial charge in [-0.1, -0.05) is 6.92 Å². The second-order valence-corrected chi connectivity index (χ2v) is 6.34. The number of rotatable bonds is 0. The van der Waals surface area contributed by atoms with Crippen LogP contribution in [0.4, 0.5) is 4.79 Å². The fraction of sp³-hybridized carbons (Fsp3) is 0.917. The standard InChI is InChI=1S/C12H22N2O2/c1-11(2,3)16-10(15)14-6-9-5-13-7-12(9,4)8-14/h9,13H,5-8H2,1-4H3. The SMILES string of the molecule is CC(C)(C)OC(=O)N1CC2CNCC2(C)C1. The summed E-state index contributed by atoms with van der Waals surface area (Å²) in [5, 5.41) is 3.39. The minimum absolute atomic E-state index is 0.164. The number of nitrogens with one attached hydrogen (secondary N) is 1. The molecule has 0 aromatic carbocycles. The first-order valence-electron chi connectivity index (χ1n) is 5.99. The average molecular weight is 226 g/mol. The lowest BCUT2D eigenvalue weighted by Gasteiger charge is -2.26. The zero-order valence-corrected chi connectivity index (χ0v) is 10.7. The summed E-state index contributed by atoms with van der Waals surface area (Å²) in [5.74, 6) is 0.583. The second kappa shape index (κ2) is 3.62. The minimum atomic E-state index is -0.395. The Morgan fingerprint density at radius 2 is 2.19 bits per heavy atom. The van der Waals surface area contributed by atoms with Gasteiger partial charge in [0.2, 0.25) is 0 Å². The van der Waals surface area contributed by atoms with Crippen LogP contribution in [0.15, 0.2) is 0 Å². The van der Waals surface area contributed by atoms with E-state index in [9.17, 15) is 4.79 Å². The van der Waals surface area contributed by atoms with Crippen LogP contribution in [0.3, 0.4) is 0 Å². The van der Waals surface area contributed by atoms with Crippen LogP contribution in [0.5, 0.6) is 0 Å². The molecule has 2 unspecified atom stereocenters. The molecule has 2 heterocycles. The maximum Gasteiger partial charge on any atom is 0.410 e. The summed E-state index contributed by atoms with van der Waals surface area (Å²) < 4.78 is 5.40. The maximum absolute atomic E-state index is 11.9. The van der Waals surface area contributed by atoms with Crippen molar-refractivity contribution in [2.45, 2.75) is 33.3 Å². The predicted molar refractivity (Wildman–Crippen MR) is 62.3 cm³/mol. The van der Waals surface area contributed by atoms with Crippen molar-refractivity contribution in [3.63, 3.8) is 0 Å². The van der Waals surface area contributed by atoms with E-state index in [0.717, 1.165) is 26.2 Å². The first-order chi connectivity index (χ1) is 7.30. The highest BCUT2D eigenvalue weighted by Gasteiger charge is 2.48. The van der Waals surface area contributed by atoms with E-state index >= 15 is 0 Å². The topological polar surface area (TPSA) is 41.6 Å². The van der Waals surface area contributed by atoms with Gasteiger partial charge in [0.15, 0.2) is 0 Å². The number of likely N-dealkylation sites (tertiary alicyclic amines) is 1. The van der Waals surface area contributed by atoms with Gasteiger partial charge in [0.25, 0.3) is 0 Å². The lowest BCUT2D eigenvalue weighted by Crippen LogP contribution is -2.38. The molecule has 0 aromatic heterocycles. The van der Waals surface area contributed by atoms with Crippen LogP contribution in [0, 0.1) is 11.3 Å². The van der Waals surface area contributed by atoms with E-state index in [-0.39, 0.29) is 11.5 Å². The highest BCUT2D eigenvalue weighted by Crippen LogP contribution is 2.38. The number of carbonyl (C=O) groups is 1. The Kier molecular flexibility index (Phi) is 2.65. The summed E-state index contributed by atoms with van der Waals surface area (Å²) in [5.41, 5.74) is -0.148. The van der Waals surface area contributed by atoms with Gasteiger partial charge in [0.1, 0.15) is 5.60 Å². The largest absolute Gasteiger partial charge is 0.444 e. The molecule has 92 valence electrons. The van der Waals surface area contributed by atoms with Crippen molar-refractivity contribution in [2.75, 3.05) is 26.2 Å². The lowest BCUT2D eigenvalue weighted by molar-refractivity contribution is 0.0272. The number of amides is 1. The van der Waals surface area contributed by atoms with Gasteiger partial charge in [0, 0.05) is 31.6 Å². The zero-order valence-electron chi connectivity index (χ0n) is 10.7. The van der Waals surface area contributed by atoms with Crippen LogP contribution in [0.2, 0.25) is 0 Å². The summed E-state index contributed by atoms with van der Waals surface area (Å²) in [6.45, 7) is 11.7. The molecule has 4 heteroatoms. The maximum atomic E-state index is 11.9. The Labute approximate surface area is 97.3 Å². The van der Waals surface area contributed by atoms with Gasteiger partial charge in [0.05, 0.1) is 0 Å². The van der Waals surface area contributed by atoms with E-state index in [1.807, 2.05) is 25.7 Å². The van der Waals surface area contributed by atoms with Crippen LogP contribution in [-0.2, 0) is 4.74 Å². The number of fused-ring (bicyclic) bond motifs is 1. The molecular weight excluding hydrogens is 204 g/mol. The molecule has 2 atom stereocenters. The monoisotopic (exact) mass is 226 g/mol. The molecule has 2 aliphatic heterocycles. The zero-order chi connectivity index (χ0) is 12.0. The van der Waals surface area contributed by atoms with E-state index < -0.39 is 5.60 Å². The molecule has 16 heavy (non-hydrogen) atoms. The Hall–Kier alpha value is -0.770. The number of nitrogens with zero attached hydrogens (tertiary/aromatic N) is 1. The third-order valence-corrected chi connectivity index (χ3v) is 3.55. The third kappa shape index (κ3) is 2.17. The van der Waals surface area contributed by atoms with Crippen LogP contribution >= 0.6 is 0 Å². The molecule has 0 bridgehead atoms. The van der Waals surface area contributed by atoms with Gasteiger partial charge in [-0.2, -0.15) is 0 Å². The molecule has 0 saturated carbocycles. The molecule has 0 spiro atoms. The minimum Gasteiger partial charge on any atom is -0.444 e. The Bertz CT molecular complexity index is 298. The smallest absolute Gasteiger partial charge is 0.410 e. The highest BCUT2D eigenvalue weighted by molar-refractivity contribution is 5.68. The van der Waals surface area contributed by atoms with Gasteiger partial charge in [-0.3, -0.25) is 0 Å². The molecule has 1 N–H and O–H groups in total. The summed E-state index contributed by atoms with van der Waals surface area (Å²) in [6, 6.07) is 0. The summed E-state index contributed by atoms with van der Waals surface area (Å²) in [4.78, 5) is 13.8. The molecule has 0 aliphatic carbocycles. The van der Waals surface area contributed by atoms with Crippen molar-refractivity contribution in [3.8, 4) is 0 Å². The molecular formula is C12H22N2O2. The Balaban J connectivity index is 1.97. The van der Waals surface area contributed by atoms with Crippen LogP contribution in [-0.4, -0.2) is 42.8 Å². The summed E-state index contributed by atoms with van der Waals surface area (Å²) in [7, 11) is 0. The third-order valence-electron chi connectivity index (χ3n) is 3.55. The van der Waals surface area contributed by atoms with Crippen LogP contribution in [0.1, 0.15) is 27.7 Å². The van der Waals surface area contributed by atoms with Crippen LogP contribution < -0.4 is 5.32 Å². The molecule has 2 aliphatic rings. The number of ether oxygens (including phenoxy) is 1. The van der Waals surface area contributed by atoms with Crippen LogP contribution in [0.25, 0.3) is 0 Å². The summed E-state index contributed by atoms with van der Waals surface area (Å²) in [6.07, 6.45) is -0.164. The Morgan fingerprint density at radius 1 is 1.50 bits per heavy atom. The summed E-state index contributed by atoms with van der Waals surface area (Å²) >= 11 is 0. The van der Waals surface area contributed by atoms with Crippen molar-refractivity contribution < 1.29 is 9.53 Å². The van der Waals surface area contributed by atoms with E-state index in [2.05, 4.69) is 12.2 Å². The fourth-order valence-electron chi connectivity index (χ4n) is 2.62. The van der Waals surface area contributed by atoms with Gasteiger partial charge in [-0.15, -0.1) is 0 Å². The molecule has 2 saturated heterocycles. The quantitative estimate of drug-likeness (QED) is 0.680. The van der Waals surface area contributed by atoms with Crippen molar-refractivity contribution in [1.29, 1.82) is 0 Å². The van der Waals surface area contributed by atoms with Crippen molar-refractivity contribution in [2.24, 2.45) is 11.3 Å². The van der Waals surface area contributed by atoms with E-state index in [1.54, 1.807) is 0 Å². The number of hydrogen-bond acceptors (Lipinski definition) is 3. The number of hydrogen-bond donors (Lipinski definition) is 1. The molecule has 1 amide bonds. The van der Waals surface area contributed by atoms with Gasteiger partial charge in [-0.25, -0.2) is 4.79 Å². The molecule has 0 radical (unpaired) electrons. The number of carbonyl (C=O) groups excluding carboxylic acids is 1. The second-order valence-electron chi connectivity index (χ2n) is 6.34. The molecule has 4 nitrogen and oxygen atoms in total. The van der Waals surface area contributed by atoms with Crippen molar-refractivity contribution >= 4 is 6.09 Å². The average Bonchev–Trinajstić information content (AvgIpc) is 2.55. The lowest BCUT2D eigenvalue weighted by atomic mass is 9.83. The predicted octanol–water partition coefficient (Wildman–Crippen LogP) is 1.46.